The minimum Gasteiger partial charge on any atom is -0.472 e. The number of carbonyl (C=O) groups is 1. The standard InChI is InChI=1S/C14H21NO3/c1-2-3-7-15(10-12-6-9-17-11-12)14(16)13-5-4-8-18-13/h6,9,11,13H,2-5,7-8,10H2,1H3. The second-order valence-corrected chi connectivity index (χ2v) is 4.75. The minimum atomic E-state index is -0.228. The molecule has 0 spiro atoms. The predicted molar refractivity (Wildman–Crippen MR) is 68.0 cm³/mol. The number of amides is 1. The zero-order valence-electron chi connectivity index (χ0n) is 10.9. The van der Waals surface area contributed by atoms with Gasteiger partial charge in [0.15, 0.2) is 0 Å². The van der Waals surface area contributed by atoms with Crippen LogP contribution in [0.2, 0.25) is 0 Å². The Morgan fingerprint density at radius 3 is 3.06 bits per heavy atom. The number of unbranched alkanes of at least 4 members (excludes halogenated alkanes) is 1. The molecule has 18 heavy (non-hydrogen) atoms. The average molecular weight is 251 g/mol. The SMILES string of the molecule is CCCCN(Cc1ccoc1)C(=O)C1CCCO1. The summed E-state index contributed by atoms with van der Waals surface area (Å²) in [7, 11) is 0. The van der Waals surface area contributed by atoms with Crippen molar-refractivity contribution in [3.05, 3.63) is 24.2 Å². The van der Waals surface area contributed by atoms with E-state index in [1.807, 2.05) is 11.0 Å². The molecule has 1 atom stereocenters. The molecule has 0 aliphatic carbocycles. The van der Waals surface area contributed by atoms with Crippen LogP contribution >= 0.6 is 0 Å². The molecule has 1 unspecified atom stereocenters. The molecule has 2 heterocycles. The Labute approximate surface area is 108 Å². The van der Waals surface area contributed by atoms with Crippen LogP contribution in [0.4, 0.5) is 0 Å². The van der Waals surface area contributed by atoms with Crippen molar-refractivity contribution >= 4 is 5.91 Å². The first-order chi connectivity index (χ1) is 8.81. The van der Waals surface area contributed by atoms with Crippen LogP contribution in [0.5, 0.6) is 0 Å². The molecule has 1 aliphatic heterocycles. The van der Waals surface area contributed by atoms with Gasteiger partial charge in [-0.2, -0.15) is 0 Å². The topological polar surface area (TPSA) is 42.7 Å². The van der Waals surface area contributed by atoms with Crippen LogP contribution in [-0.4, -0.2) is 30.1 Å². The number of hydrogen-bond donors (Lipinski definition) is 0. The fraction of sp³-hybridized carbons (Fsp3) is 0.643. The Hall–Kier alpha value is -1.29. The fourth-order valence-electron chi connectivity index (χ4n) is 2.20. The summed E-state index contributed by atoms with van der Waals surface area (Å²) in [4.78, 5) is 14.2. The van der Waals surface area contributed by atoms with E-state index in [-0.39, 0.29) is 12.0 Å². The molecule has 1 aromatic rings. The summed E-state index contributed by atoms with van der Waals surface area (Å²) in [6, 6.07) is 1.90. The third-order valence-corrected chi connectivity index (χ3v) is 3.25. The molecule has 1 amide bonds. The second-order valence-electron chi connectivity index (χ2n) is 4.75. The van der Waals surface area contributed by atoms with Crippen molar-refractivity contribution in [2.75, 3.05) is 13.2 Å². The maximum absolute atomic E-state index is 12.3. The lowest BCUT2D eigenvalue weighted by Crippen LogP contribution is -2.39. The number of nitrogens with zero attached hydrogens (tertiary/aromatic N) is 1. The first-order valence-electron chi connectivity index (χ1n) is 6.72. The first kappa shape index (κ1) is 13.1. The summed E-state index contributed by atoms with van der Waals surface area (Å²) < 4.78 is 10.5. The van der Waals surface area contributed by atoms with Crippen LogP contribution < -0.4 is 0 Å². The van der Waals surface area contributed by atoms with Crippen LogP contribution in [0.25, 0.3) is 0 Å². The van der Waals surface area contributed by atoms with Gasteiger partial charge in [-0.15, -0.1) is 0 Å². The smallest absolute Gasteiger partial charge is 0.252 e. The molecule has 1 aliphatic rings. The first-order valence-corrected chi connectivity index (χ1v) is 6.72. The van der Waals surface area contributed by atoms with Crippen molar-refractivity contribution in [3.8, 4) is 0 Å². The highest BCUT2D eigenvalue weighted by Crippen LogP contribution is 2.17. The molecule has 0 saturated carbocycles. The summed E-state index contributed by atoms with van der Waals surface area (Å²) in [5, 5.41) is 0. The van der Waals surface area contributed by atoms with E-state index in [2.05, 4.69) is 6.92 Å². The zero-order valence-corrected chi connectivity index (χ0v) is 10.9. The number of carbonyl (C=O) groups excluding carboxylic acids is 1. The molecule has 0 aromatic carbocycles. The normalized spacial score (nSPS) is 19.1. The van der Waals surface area contributed by atoms with Crippen molar-refractivity contribution in [1.29, 1.82) is 0 Å². The third kappa shape index (κ3) is 3.35. The van der Waals surface area contributed by atoms with E-state index >= 15 is 0 Å². The van der Waals surface area contributed by atoms with Crippen LogP contribution in [-0.2, 0) is 16.1 Å². The quantitative estimate of drug-likeness (QED) is 0.780. The van der Waals surface area contributed by atoms with E-state index in [4.69, 9.17) is 9.15 Å². The fourth-order valence-corrected chi connectivity index (χ4v) is 2.20. The Morgan fingerprint density at radius 2 is 2.44 bits per heavy atom. The highest BCUT2D eigenvalue weighted by Gasteiger charge is 2.28. The predicted octanol–water partition coefficient (Wildman–Crippen LogP) is 2.59. The molecule has 100 valence electrons. The number of furan rings is 1. The van der Waals surface area contributed by atoms with Crippen LogP contribution in [0.15, 0.2) is 23.0 Å². The molecular formula is C14H21NO3. The Morgan fingerprint density at radius 1 is 1.56 bits per heavy atom. The van der Waals surface area contributed by atoms with Crippen LogP contribution in [0.3, 0.4) is 0 Å². The molecule has 2 rings (SSSR count). The Bertz CT molecular complexity index is 355. The van der Waals surface area contributed by atoms with Crippen LogP contribution in [0.1, 0.15) is 38.2 Å². The Kier molecular flexibility index (Phi) is 4.81. The molecule has 1 saturated heterocycles. The lowest BCUT2D eigenvalue weighted by atomic mass is 10.2. The van der Waals surface area contributed by atoms with Crippen molar-refractivity contribution in [2.45, 2.75) is 45.3 Å². The van der Waals surface area contributed by atoms with Gasteiger partial charge in [-0.3, -0.25) is 4.79 Å². The maximum Gasteiger partial charge on any atom is 0.252 e. The van der Waals surface area contributed by atoms with E-state index in [9.17, 15) is 4.79 Å². The summed E-state index contributed by atoms with van der Waals surface area (Å²) in [6.45, 7) is 4.26. The molecule has 0 N–H and O–H groups in total. The van der Waals surface area contributed by atoms with Crippen LogP contribution in [0, 0.1) is 0 Å². The summed E-state index contributed by atoms with van der Waals surface area (Å²) in [6.07, 6.45) is 7.06. The molecule has 1 aromatic heterocycles. The van der Waals surface area contributed by atoms with E-state index in [1.165, 1.54) is 0 Å². The molecule has 0 bridgehead atoms. The van der Waals surface area contributed by atoms with Gasteiger partial charge in [-0.1, -0.05) is 13.3 Å². The average Bonchev–Trinajstić information content (AvgIpc) is 3.06. The molecule has 0 radical (unpaired) electrons. The number of rotatable bonds is 6. The van der Waals surface area contributed by atoms with Gasteiger partial charge >= 0.3 is 0 Å². The monoisotopic (exact) mass is 251 g/mol. The zero-order chi connectivity index (χ0) is 12.8. The largest absolute Gasteiger partial charge is 0.472 e. The summed E-state index contributed by atoms with van der Waals surface area (Å²) >= 11 is 0. The van der Waals surface area contributed by atoms with Crippen molar-refractivity contribution in [1.82, 2.24) is 4.90 Å². The lowest BCUT2D eigenvalue weighted by molar-refractivity contribution is -0.141. The second kappa shape index (κ2) is 6.59. The lowest BCUT2D eigenvalue weighted by Gasteiger charge is -2.24. The van der Waals surface area contributed by atoms with Gasteiger partial charge in [0.2, 0.25) is 0 Å². The summed E-state index contributed by atoms with van der Waals surface area (Å²) in [5.74, 6) is 0.127. The van der Waals surface area contributed by atoms with Gasteiger partial charge in [0, 0.05) is 25.3 Å². The minimum absolute atomic E-state index is 0.127. The molecule has 4 heteroatoms. The van der Waals surface area contributed by atoms with Crippen molar-refractivity contribution < 1.29 is 13.9 Å². The molecular weight excluding hydrogens is 230 g/mol. The molecule has 1 fully saturated rings. The third-order valence-electron chi connectivity index (χ3n) is 3.25. The number of ether oxygens (including phenoxy) is 1. The van der Waals surface area contributed by atoms with Gasteiger partial charge < -0.3 is 14.1 Å². The van der Waals surface area contributed by atoms with Crippen molar-refractivity contribution in [3.63, 3.8) is 0 Å². The maximum atomic E-state index is 12.3. The van der Waals surface area contributed by atoms with Gasteiger partial charge in [-0.05, 0) is 25.3 Å². The van der Waals surface area contributed by atoms with Gasteiger partial charge in [0.25, 0.3) is 5.91 Å². The van der Waals surface area contributed by atoms with E-state index in [1.54, 1.807) is 12.5 Å². The highest BCUT2D eigenvalue weighted by atomic mass is 16.5. The van der Waals surface area contributed by atoms with Crippen molar-refractivity contribution in [2.24, 2.45) is 0 Å². The highest BCUT2D eigenvalue weighted by molar-refractivity contribution is 5.81. The van der Waals surface area contributed by atoms with Gasteiger partial charge in [0.1, 0.15) is 6.10 Å². The van der Waals surface area contributed by atoms with E-state index in [0.717, 1.165) is 37.8 Å². The van der Waals surface area contributed by atoms with E-state index in [0.29, 0.717) is 13.2 Å². The van der Waals surface area contributed by atoms with Gasteiger partial charge in [0.05, 0.1) is 12.5 Å². The molecule has 4 nitrogen and oxygen atoms in total. The van der Waals surface area contributed by atoms with Gasteiger partial charge in [-0.25, -0.2) is 0 Å². The summed E-state index contributed by atoms with van der Waals surface area (Å²) in [5.41, 5.74) is 1.04. The van der Waals surface area contributed by atoms with E-state index < -0.39 is 0 Å². The number of hydrogen-bond acceptors (Lipinski definition) is 3. The Balaban J connectivity index is 1.96.